The molecule has 0 aromatic heterocycles. The zero-order valence-electron chi connectivity index (χ0n) is 11.1. The van der Waals surface area contributed by atoms with Gasteiger partial charge in [-0.05, 0) is 12.0 Å². The van der Waals surface area contributed by atoms with E-state index >= 15 is 0 Å². The van der Waals surface area contributed by atoms with Crippen LogP contribution in [0.25, 0.3) is 0 Å². The molecule has 0 saturated carbocycles. The predicted molar refractivity (Wildman–Crippen MR) is 76.4 cm³/mol. The van der Waals surface area contributed by atoms with Crippen molar-refractivity contribution in [2.45, 2.75) is 30.6 Å². The van der Waals surface area contributed by atoms with Crippen molar-refractivity contribution >= 4 is 27.1 Å². The maximum absolute atomic E-state index is 12.1. The van der Waals surface area contributed by atoms with Crippen LogP contribution in [0.4, 0.5) is 5.69 Å². The van der Waals surface area contributed by atoms with Crippen molar-refractivity contribution in [3.05, 3.63) is 39.9 Å². The fourth-order valence-electron chi connectivity index (χ4n) is 1.88. The van der Waals surface area contributed by atoms with Crippen molar-refractivity contribution in [1.29, 1.82) is 0 Å². The number of hydrogen-bond acceptors (Lipinski definition) is 5. The third-order valence-electron chi connectivity index (χ3n) is 3.18. The highest BCUT2D eigenvalue weighted by molar-refractivity contribution is 7.94. The van der Waals surface area contributed by atoms with Gasteiger partial charge in [-0.25, -0.2) is 8.42 Å². The first-order valence-electron chi connectivity index (χ1n) is 6.03. The molecule has 0 aliphatic rings. The van der Waals surface area contributed by atoms with Crippen LogP contribution in [0.3, 0.4) is 0 Å². The van der Waals surface area contributed by atoms with Crippen LogP contribution in [0.2, 0.25) is 0 Å². The first-order valence-corrected chi connectivity index (χ1v) is 8.06. The largest absolute Gasteiger partial charge is 0.385 e. The molecule has 2 atom stereocenters. The monoisotopic (exact) mass is 321 g/mol. The van der Waals surface area contributed by atoms with Crippen molar-refractivity contribution in [1.82, 2.24) is 0 Å². The third kappa shape index (κ3) is 2.94. The summed E-state index contributed by atoms with van der Waals surface area (Å²) in [6.45, 7) is 2.98. The number of nitro groups is 1. The highest BCUT2D eigenvalue weighted by atomic mass is 35.5. The summed E-state index contributed by atoms with van der Waals surface area (Å²) in [5.74, 6) is -0.226. The second-order valence-electron chi connectivity index (χ2n) is 4.30. The van der Waals surface area contributed by atoms with Gasteiger partial charge in [-0.15, -0.1) is 0 Å². The molecule has 0 aliphatic carbocycles. The molecule has 0 bridgehead atoms. The maximum Gasteiger partial charge on any atom is 0.269 e. The average Bonchev–Trinajstić information content (AvgIpc) is 2.45. The number of hydrogen-bond donors (Lipinski definition) is 1. The molecule has 1 aromatic rings. The zero-order chi connectivity index (χ0) is 15.6. The van der Waals surface area contributed by atoms with Gasteiger partial charge in [-0.3, -0.25) is 10.1 Å². The lowest BCUT2D eigenvalue weighted by atomic mass is 10.0. The summed E-state index contributed by atoms with van der Waals surface area (Å²) in [7, 11) is -3.74. The summed E-state index contributed by atoms with van der Waals surface area (Å²) in [5, 5.41) is 21.0. The van der Waals surface area contributed by atoms with Gasteiger partial charge in [0.2, 0.25) is 0 Å². The molecule has 0 saturated heterocycles. The summed E-state index contributed by atoms with van der Waals surface area (Å²) < 4.78 is 22.2. The molecule has 0 aliphatic heterocycles. The molecule has 0 unspecified atom stereocenters. The molecule has 1 N–H and O–H groups in total. The number of sulfone groups is 1. The number of aliphatic hydroxyl groups is 1. The van der Waals surface area contributed by atoms with Crippen LogP contribution in [-0.2, 0) is 9.84 Å². The second kappa shape index (κ2) is 6.07. The van der Waals surface area contributed by atoms with Crippen molar-refractivity contribution in [3.8, 4) is 0 Å². The Morgan fingerprint density at radius 2 is 2.05 bits per heavy atom. The van der Waals surface area contributed by atoms with E-state index in [1.54, 1.807) is 6.92 Å². The molecule has 1 aromatic carbocycles. The number of halogens is 1. The Bertz CT molecular complexity index is 604. The Labute approximate surface area is 122 Å². The van der Waals surface area contributed by atoms with Crippen LogP contribution in [0, 0.1) is 10.1 Å². The molecule has 0 fully saturated rings. The Morgan fingerprint density at radius 1 is 1.45 bits per heavy atom. The number of non-ortho nitro benzene ring substituents is 1. The molecular formula is C12H16ClNO5S. The molecule has 1 rings (SSSR count). The van der Waals surface area contributed by atoms with Crippen LogP contribution in [0.15, 0.2) is 24.3 Å². The number of alkyl halides is 1. The Kier molecular flexibility index (Phi) is 5.12. The van der Waals surface area contributed by atoms with Crippen molar-refractivity contribution in [3.63, 3.8) is 0 Å². The van der Waals surface area contributed by atoms with E-state index in [1.807, 2.05) is 0 Å². The lowest BCUT2D eigenvalue weighted by Crippen LogP contribution is -2.39. The molecule has 0 spiro atoms. The second-order valence-corrected chi connectivity index (χ2v) is 7.73. The topological polar surface area (TPSA) is 97.5 Å². The minimum Gasteiger partial charge on any atom is -0.385 e. The molecule has 0 radical (unpaired) electrons. The van der Waals surface area contributed by atoms with Gasteiger partial charge in [0.1, 0.15) is 6.10 Å². The smallest absolute Gasteiger partial charge is 0.269 e. The van der Waals surface area contributed by atoms with Gasteiger partial charge in [0.15, 0.2) is 14.0 Å². The van der Waals surface area contributed by atoms with Gasteiger partial charge < -0.3 is 5.11 Å². The fraction of sp³-hybridized carbons (Fsp3) is 0.500. The van der Waals surface area contributed by atoms with Gasteiger partial charge in [-0.2, -0.15) is 0 Å². The Balaban J connectivity index is 3.31. The van der Waals surface area contributed by atoms with E-state index in [1.165, 1.54) is 25.1 Å². The Morgan fingerprint density at radius 3 is 2.50 bits per heavy atom. The van der Waals surface area contributed by atoms with E-state index < -0.39 is 25.1 Å². The van der Waals surface area contributed by atoms with Crippen LogP contribution < -0.4 is 0 Å². The standard InChI is InChI=1S/C12H16ClNO5S/c1-3-12(13,20(18,19)4-2)11(15)9-6-5-7-10(8-9)14(16)17/h5-8,11,15H,3-4H2,1-2H3/t11-,12+/m1/s1. The fourth-order valence-corrected chi connectivity index (χ4v) is 3.73. The van der Waals surface area contributed by atoms with Gasteiger partial charge in [-0.1, -0.05) is 37.6 Å². The average molecular weight is 322 g/mol. The van der Waals surface area contributed by atoms with Crippen LogP contribution in [-0.4, -0.2) is 28.4 Å². The normalized spacial score (nSPS) is 16.4. The summed E-state index contributed by atoms with van der Waals surface area (Å²) >= 11 is 6.12. The van der Waals surface area contributed by atoms with Gasteiger partial charge in [0.25, 0.3) is 5.69 Å². The SMILES string of the molecule is CC[C@@](Cl)([C@H](O)c1cccc([N+](=O)[O-])c1)S(=O)(=O)CC. The first-order chi connectivity index (χ1) is 9.19. The van der Waals surface area contributed by atoms with E-state index in [0.29, 0.717) is 0 Å². The zero-order valence-corrected chi connectivity index (χ0v) is 12.7. The maximum atomic E-state index is 12.1. The summed E-state index contributed by atoms with van der Waals surface area (Å²) in [6, 6.07) is 5.17. The molecule has 20 heavy (non-hydrogen) atoms. The molecule has 0 amide bonds. The number of benzene rings is 1. The molecular weight excluding hydrogens is 306 g/mol. The van der Waals surface area contributed by atoms with Crippen molar-refractivity contribution < 1.29 is 18.4 Å². The van der Waals surface area contributed by atoms with Crippen LogP contribution in [0.5, 0.6) is 0 Å². The van der Waals surface area contributed by atoms with Crippen molar-refractivity contribution in [2.24, 2.45) is 0 Å². The third-order valence-corrected chi connectivity index (χ3v) is 6.67. The molecule has 0 heterocycles. The predicted octanol–water partition coefficient (Wildman–Crippen LogP) is 2.41. The highest BCUT2D eigenvalue weighted by Gasteiger charge is 2.46. The quantitative estimate of drug-likeness (QED) is 0.493. The van der Waals surface area contributed by atoms with E-state index in [9.17, 15) is 23.6 Å². The van der Waals surface area contributed by atoms with E-state index in [0.717, 1.165) is 6.07 Å². The summed E-state index contributed by atoms with van der Waals surface area (Å²) in [5.41, 5.74) is -0.126. The summed E-state index contributed by atoms with van der Waals surface area (Å²) in [6.07, 6.45) is -1.56. The Hall–Kier alpha value is -1.18. The molecule has 112 valence electrons. The molecule has 8 heteroatoms. The lowest BCUT2D eigenvalue weighted by Gasteiger charge is -2.30. The van der Waals surface area contributed by atoms with E-state index in [2.05, 4.69) is 0 Å². The highest BCUT2D eigenvalue weighted by Crippen LogP contribution is 2.40. The van der Waals surface area contributed by atoms with Gasteiger partial charge >= 0.3 is 0 Å². The van der Waals surface area contributed by atoms with E-state index in [4.69, 9.17) is 11.6 Å². The number of nitro benzene ring substituents is 1. The molecule has 6 nitrogen and oxygen atoms in total. The van der Waals surface area contributed by atoms with Gasteiger partial charge in [0, 0.05) is 17.9 Å². The van der Waals surface area contributed by atoms with Crippen LogP contribution in [0.1, 0.15) is 31.9 Å². The summed E-state index contributed by atoms with van der Waals surface area (Å²) in [4.78, 5) is 10.1. The minimum absolute atomic E-state index is 0.0193. The first kappa shape index (κ1) is 16.9. The van der Waals surface area contributed by atoms with Gasteiger partial charge in [0.05, 0.1) is 4.92 Å². The van der Waals surface area contributed by atoms with Crippen molar-refractivity contribution in [2.75, 3.05) is 5.75 Å². The lowest BCUT2D eigenvalue weighted by molar-refractivity contribution is -0.385. The number of nitrogens with zero attached hydrogens (tertiary/aromatic N) is 1. The van der Waals surface area contributed by atoms with E-state index in [-0.39, 0.29) is 23.4 Å². The van der Waals surface area contributed by atoms with Crippen LogP contribution >= 0.6 is 11.6 Å². The number of rotatable bonds is 6. The minimum atomic E-state index is -3.74. The number of aliphatic hydroxyl groups excluding tert-OH is 1.